The van der Waals surface area contributed by atoms with Crippen molar-refractivity contribution < 1.29 is 47.1 Å². The lowest BCUT2D eigenvalue weighted by Gasteiger charge is -2.37. The summed E-state index contributed by atoms with van der Waals surface area (Å²) < 4.78 is 37.4. The van der Waals surface area contributed by atoms with Crippen LogP contribution in [-0.2, 0) is 24.1 Å². The summed E-state index contributed by atoms with van der Waals surface area (Å²) in [6.45, 7) is 0. The van der Waals surface area contributed by atoms with Crippen LogP contribution in [-0.4, -0.2) is 70.1 Å². The van der Waals surface area contributed by atoms with Crippen molar-refractivity contribution in [1.82, 2.24) is 0 Å². The van der Waals surface area contributed by atoms with Crippen molar-refractivity contribution >= 4 is 16.4 Å². The molecule has 0 amide bonds. The lowest BCUT2D eigenvalue weighted by Crippen LogP contribution is -2.60. The third-order valence-corrected chi connectivity index (χ3v) is 2.50. The SMILES string of the molecule is O=C(O)[C@H]1O[C@@H](O)[C@H](O)[C@H](OS(=O)(=O)O)[C@@H]1O. The highest BCUT2D eigenvalue weighted by Gasteiger charge is 2.49. The fourth-order valence-electron chi connectivity index (χ4n) is 1.31. The highest BCUT2D eigenvalue weighted by Crippen LogP contribution is 2.23. The number of hydrogen-bond donors (Lipinski definition) is 5. The van der Waals surface area contributed by atoms with Gasteiger partial charge >= 0.3 is 16.4 Å². The molecule has 0 spiro atoms. The molecular weight excluding hydrogens is 264 g/mol. The van der Waals surface area contributed by atoms with E-state index in [0.29, 0.717) is 0 Å². The minimum atomic E-state index is -5.04. The van der Waals surface area contributed by atoms with Crippen molar-refractivity contribution in [2.45, 2.75) is 30.7 Å². The van der Waals surface area contributed by atoms with Gasteiger partial charge in [-0.25, -0.2) is 8.98 Å². The van der Waals surface area contributed by atoms with E-state index in [1.807, 2.05) is 0 Å². The first-order valence-corrected chi connectivity index (χ1v) is 5.58. The van der Waals surface area contributed by atoms with Crippen LogP contribution in [0.1, 0.15) is 0 Å². The number of rotatable bonds is 3. The molecule has 0 bridgehead atoms. The maximum Gasteiger partial charge on any atom is 0.397 e. The number of aliphatic hydroxyl groups excluding tert-OH is 3. The van der Waals surface area contributed by atoms with Gasteiger partial charge in [0.05, 0.1) is 0 Å². The van der Waals surface area contributed by atoms with Gasteiger partial charge in [0, 0.05) is 0 Å². The van der Waals surface area contributed by atoms with Gasteiger partial charge in [-0.3, -0.25) is 4.55 Å². The summed E-state index contributed by atoms with van der Waals surface area (Å²) in [6.07, 6.45) is -10.3. The zero-order valence-electron chi connectivity index (χ0n) is 8.07. The molecule has 1 aliphatic heterocycles. The second-order valence-electron chi connectivity index (χ2n) is 3.26. The summed E-state index contributed by atoms with van der Waals surface area (Å²) in [6, 6.07) is 0. The topological polar surface area (TPSA) is 171 Å². The Balaban J connectivity index is 2.95. The Kier molecular flexibility index (Phi) is 4.03. The molecule has 0 radical (unpaired) electrons. The van der Waals surface area contributed by atoms with Gasteiger partial charge in [-0.15, -0.1) is 0 Å². The Morgan fingerprint density at radius 3 is 2.12 bits per heavy atom. The van der Waals surface area contributed by atoms with E-state index in [9.17, 15) is 23.4 Å². The largest absolute Gasteiger partial charge is 0.479 e. The van der Waals surface area contributed by atoms with Crippen LogP contribution >= 0.6 is 0 Å². The van der Waals surface area contributed by atoms with E-state index in [1.54, 1.807) is 0 Å². The maximum absolute atomic E-state index is 10.6. The summed E-state index contributed by atoms with van der Waals surface area (Å²) in [5.74, 6) is -1.70. The Labute approximate surface area is 95.0 Å². The first-order valence-electron chi connectivity index (χ1n) is 4.21. The Morgan fingerprint density at radius 2 is 1.71 bits per heavy atom. The van der Waals surface area contributed by atoms with Crippen LogP contribution in [0, 0.1) is 0 Å². The van der Waals surface area contributed by atoms with Crippen LogP contribution < -0.4 is 0 Å². The Hall–Kier alpha value is -0.820. The lowest BCUT2D eigenvalue weighted by atomic mass is 9.99. The minimum Gasteiger partial charge on any atom is -0.479 e. The summed E-state index contributed by atoms with van der Waals surface area (Å²) in [4.78, 5) is 10.6. The van der Waals surface area contributed by atoms with E-state index >= 15 is 0 Å². The Morgan fingerprint density at radius 1 is 1.18 bits per heavy atom. The molecule has 0 aromatic carbocycles. The number of carbonyl (C=O) groups is 1. The summed E-state index contributed by atoms with van der Waals surface area (Å²) in [5.41, 5.74) is 0. The van der Waals surface area contributed by atoms with Crippen molar-refractivity contribution in [3.05, 3.63) is 0 Å². The molecule has 1 aliphatic rings. The number of ether oxygens (including phenoxy) is 1. The van der Waals surface area contributed by atoms with E-state index in [0.717, 1.165) is 0 Å². The monoisotopic (exact) mass is 274 g/mol. The molecule has 0 aliphatic carbocycles. The number of aliphatic carboxylic acids is 1. The van der Waals surface area contributed by atoms with Crippen molar-refractivity contribution in [1.29, 1.82) is 0 Å². The molecule has 17 heavy (non-hydrogen) atoms. The first-order chi connectivity index (χ1) is 7.63. The van der Waals surface area contributed by atoms with Crippen molar-refractivity contribution in [3.8, 4) is 0 Å². The van der Waals surface area contributed by atoms with E-state index in [4.69, 9.17) is 14.8 Å². The van der Waals surface area contributed by atoms with Crippen molar-refractivity contribution in [2.24, 2.45) is 0 Å². The first kappa shape index (κ1) is 14.2. The molecule has 0 aromatic rings. The molecule has 0 unspecified atom stereocenters. The number of aliphatic hydroxyl groups is 3. The Bertz CT molecular complexity index is 390. The summed E-state index contributed by atoms with van der Waals surface area (Å²) in [7, 11) is -5.04. The molecule has 5 N–H and O–H groups in total. The predicted molar refractivity (Wildman–Crippen MR) is 47.0 cm³/mol. The van der Waals surface area contributed by atoms with Crippen molar-refractivity contribution in [2.75, 3.05) is 0 Å². The van der Waals surface area contributed by atoms with E-state index < -0.39 is 47.1 Å². The molecule has 1 heterocycles. The molecular formula is C6H10O10S. The van der Waals surface area contributed by atoms with E-state index in [1.165, 1.54) is 0 Å². The van der Waals surface area contributed by atoms with Crippen LogP contribution in [0.25, 0.3) is 0 Å². The average molecular weight is 274 g/mol. The van der Waals surface area contributed by atoms with Gasteiger partial charge in [0.1, 0.15) is 18.3 Å². The van der Waals surface area contributed by atoms with Gasteiger partial charge in [0.15, 0.2) is 12.4 Å². The zero-order valence-corrected chi connectivity index (χ0v) is 8.89. The molecule has 1 saturated heterocycles. The van der Waals surface area contributed by atoms with Gasteiger partial charge in [-0.1, -0.05) is 0 Å². The average Bonchev–Trinajstić information content (AvgIpc) is 2.16. The van der Waals surface area contributed by atoms with Crippen molar-refractivity contribution in [3.63, 3.8) is 0 Å². The normalized spacial score (nSPS) is 38.9. The van der Waals surface area contributed by atoms with E-state index in [2.05, 4.69) is 8.92 Å². The molecule has 1 fully saturated rings. The van der Waals surface area contributed by atoms with E-state index in [-0.39, 0.29) is 0 Å². The zero-order chi connectivity index (χ0) is 13.4. The van der Waals surface area contributed by atoms with Crippen LogP contribution in [0.4, 0.5) is 0 Å². The third kappa shape index (κ3) is 3.32. The van der Waals surface area contributed by atoms with Gasteiger partial charge < -0.3 is 25.2 Å². The molecule has 0 saturated carbocycles. The minimum absolute atomic E-state index is 1.70. The fraction of sp³-hybridized carbons (Fsp3) is 0.833. The highest BCUT2D eigenvalue weighted by molar-refractivity contribution is 7.80. The molecule has 11 heteroatoms. The third-order valence-electron chi connectivity index (χ3n) is 2.04. The number of carboxylic acids is 1. The molecule has 100 valence electrons. The summed E-state index contributed by atoms with van der Waals surface area (Å²) in [5, 5.41) is 36.3. The fourth-order valence-corrected chi connectivity index (χ4v) is 1.81. The van der Waals surface area contributed by atoms with Crippen LogP contribution in [0.2, 0.25) is 0 Å². The summed E-state index contributed by atoms with van der Waals surface area (Å²) >= 11 is 0. The van der Waals surface area contributed by atoms with Gasteiger partial charge in [0.2, 0.25) is 0 Å². The molecule has 1 rings (SSSR count). The number of hydrogen-bond acceptors (Lipinski definition) is 8. The van der Waals surface area contributed by atoms with Crippen LogP contribution in [0.5, 0.6) is 0 Å². The van der Waals surface area contributed by atoms with Gasteiger partial charge in [0.25, 0.3) is 0 Å². The predicted octanol–water partition coefficient (Wildman–Crippen LogP) is -3.30. The molecule has 0 aromatic heterocycles. The smallest absolute Gasteiger partial charge is 0.397 e. The number of carboxylic acid groups (broad SMARTS) is 1. The lowest BCUT2D eigenvalue weighted by molar-refractivity contribution is -0.275. The maximum atomic E-state index is 10.6. The van der Waals surface area contributed by atoms with Gasteiger partial charge in [-0.2, -0.15) is 8.42 Å². The standard InChI is InChI=1S/C6H10O10S/c7-1-3(16-17(12,13)14)2(8)6(11)15-4(1)5(9)10/h1-4,6-8,11H,(H,9,10)(H,12,13,14)/t1-,2+,3+,4-,6+/m0/s1. The second kappa shape index (κ2) is 4.81. The quantitative estimate of drug-likeness (QED) is 0.328. The highest BCUT2D eigenvalue weighted by atomic mass is 32.3. The van der Waals surface area contributed by atoms with Crippen LogP contribution in [0.15, 0.2) is 0 Å². The van der Waals surface area contributed by atoms with Crippen LogP contribution in [0.3, 0.4) is 0 Å². The molecule has 10 nitrogen and oxygen atoms in total. The second-order valence-corrected chi connectivity index (χ2v) is 4.30. The molecule has 5 atom stereocenters. The van der Waals surface area contributed by atoms with Gasteiger partial charge in [-0.05, 0) is 0 Å².